The fourth-order valence-electron chi connectivity index (χ4n) is 1.64. The highest BCUT2D eigenvalue weighted by Gasteiger charge is 2.93. The summed E-state index contributed by atoms with van der Waals surface area (Å²) in [5.41, 5.74) is 0. The van der Waals surface area contributed by atoms with Gasteiger partial charge in [0.1, 0.15) is 0 Å². The van der Waals surface area contributed by atoms with E-state index in [2.05, 4.69) is 14.9 Å². The molecule has 0 spiro atoms. The van der Waals surface area contributed by atoms with E-state index in [4.69, 9.17) is 11.6 Å². The minimum atomic E-state index is -8.34. The molecule has 0 bridgehead atoms. The predicted molar refractivity (Wildman–Crippen MR) is 68.3 cm³/mol. The van der Waals surface area contributed by atoms with Crippen molar-refractivity contribution >= 4 is 11.6 Å². The van der Waals surface area contributed by atoms with Crippen LogP contribution in [0.1, 0.15) is 0 Å². The molecule has 0 aliphatic rings. The maximum atomic E-state index is 13.5. The highest BCUT2D eigenvalue weighted by atomic mass is 35.5. The monoisotopic (exact) mass is 512 g/mol. The van der Waals surface area contributed by atoms with E-state index in [9.17, 15) is 65.9 Å². The first-order chi connectivity index (χ1) is 13.5. The van der Waals surface area contributed by atoms with Gasteiger partial charge in [-0.3, -0.25) is 0 Å². The van der Waals surface area contributed by atoms with Crippen molar-refractivity contribution in [1.29, 1.82) is 0 Å². The molecule has 1 aromatic heterocycles. The fourth-order valence-corrected chi connectivity index (χ4v) is 1.74. The van der Waals surface area contributed by atoms with Gasteiger partial charge in [-0.15, -0.1) is 10.2 Å². The largest absolute Gasteiger partial charge is 0.470 e. The normalized spacial score (nSPS) is 15.2. The first-order valence-electron chi connectivity index (χ1n) is 6.93. The molecule has 0 N–H and O–H groups in total. The van der Waals surface area contributed by atoms with Crippen LogP contribution in [0.15, 0.2) is 12.1 Å². The van der Waals surface area contributed by atoms with E-state index in [-0.39, 0.29) is 0 Å². The molecule has 0 aliphatic carbocycles. The van der Waals surface area contributed by atoms with Crippen molar-refractivity contribution in [2.75, 3.05) is 6.61 Å². The fraction of sp³-hybridized carbons (Fsp3) is 0.667. The highest BCUT2D eigenvalue weighted by Crippen LogP contribution is 2.62. The summed E-state index contributed by atoms with van der Waals surface area (Å²) in [5, 5.41) is 5.30. The SMILES string of the molecule is FC(F)(F)C(F)(F)C(F)(F)C(F)(F)C(F)(F)C(F)(F)C(F)(F)COc1ccc(Cl)nn1. The Morgan fingerprint density at radius 1 is 0.613 bits per heavy atom. The van der Waals surface area contributed by atoms with Gasteiger partial charge in [-0.1, -0.05) is 11.6 Å². The lowest BCUT2D eigenvalue weighted by molar-refractivity contribution is -0.453. The Labute approximate surface area is 165 Å². The number of halogens is 16. The van der Waals surface area contributed by atoms with Crippen LogP contribution in [0.25, 0.3) is 0 Å². The average Bonchev–Trinajstić information content (AvgIpc) is 2.59. The molecule has 0 aliphatic heterocycles. The van der Waals surface area contributed by atoms with Crippen LogP contribution in [0, 0.1) is 0 Å². The minimum absolute atomic E-state index is 0.427. The van der Waals surface area contributed by atoms with Gasteiger partial charge < -0.3 is 4.74 Å². The molecule has 1 aromatic rings. The number of hydrogen-bond donors (Lipinski definition) is 0. The number of alkyl halides is 15. The molecular formula is C12H4ClF15N2O. The van der Waals surface area contributed by atoms with Gasteiger partial charge in [0.15, 0.2) is 11.8 Å². The highest BCUT2D eigenvalue weighted by molar-refractivity contribution is 6.29. The van der Waals surface area contributed by atoms with Crippen molar-refractivity contribution in [2.24, 2.45) is 0 Å². The zero-order valence-corrected chi connectivity index (χ0v) is 14.5. The third kappa shape index (κ3) is 4.13. The molecule has 0 amide bonds. The van der Waals surface area contributed by atoms with Crippen molar-refractivity contribution < 1.29 is 70.6 Å². The Balaban J connectivity index is 3.35. The molecule has 1 rings (SSSR count). The second-order valence-corrected chi connectivity index (χ2v) is 5.94. The Bertz CT molecular complexity index is 777. The molecule has 0 saturated heterocycles. The summed E-state index contributed by atoms with van der Waals surface area (Å²) in [6.07, 6.45) is -7.65. The molecule has 31 heavy (non-hydrogen) atoms. The van der Waals surface area contributed by atoms with Crippen molar-refractivity contribution in [1.82, 2.24) is 10.2 Å². The second kappa shape index (κ2) is 7.61. The molecule has 19 heteroatoms. The number of hydrogen-bond acceptors (Lipinski definition) is 3. The van der Waals surface area contributed by atoms with Gasteiger partial charge in [0.25, 0.3) is 0 Å². The van der Waals surface area contributed by atoms with E-state index in [1.165, 1.54) is 0 Å². The first kappa shape index (κ1) is 27.2. The topological polar surface area (TPSA) is 35.0 Å². The smallest absolute Gasteiger partial charge is 0.460 e. The molecule has 0 radical (unpaired) electrons. The van der Waals surface area contributed by atoms with E-state index in [0.29, 0.717) is 6.07 Å². The summed E-state index contributed by atoms with van der Waals surface area (Å²) in [5.74, 6) is -48.1. The zero-order valence-electron chi connectivity index (χ0n) is 13.7. The molecular weight excluding hydrogens is 509 g/mol. The molecule has 180 valence electrons. The number of rotatable bonds is 8. The van der Waals surface area contributed by atoms with E-state index in [1.807, 2.05) is 0 Å². The van der Waals surface area contributed by atoms with Crippen LogP contribution in [0.2, 0.25) is 5.15 Å². The molecule has 0 atom stereocenters. The lowest BCUT2D eigenvalue weighted by Crippen LogP contribution is -2.73. The standard InChI is InChI=1S/C12H4ClF15N2O/c13-4-1-2-5(30-29-4)31-3-6(14,15)7(16,17)8(18,19)9(20,21)10(22,23)11(24,25)12(26,27)28/h1-2H,3H2. The van der Waals surface area contributed by atoms with Gasteiger partial charge in [-0.25, -0.2) is 0 Å². The van der Waals surface area contributed by atoms with Crippen LogP contribution in [-0.2, 0) is 0 Å². The maximum Gasteiger partial charge on any atom is 0.460 e. The number of nitrogens with zero attached hydrogens (tertiary/aromatic N) is 2. The molecule has 3 nitrogen and oxygen atoms in total. The molecule has 0 fully saturated rings. The average molecular weight is 513 g/mol. The van der Waals surface area contributed by atoms with Crippen LogP contribution in [-0.4, -0.2) is 58.5 Å². The van der Waals surface area contributed by atoms with Crippen molar-refractivity contribution in [2.45, 2.75) is 41.7 Å². The molecule has 1 heterocycles. The Morgan fingerprint density at radius 3 is 1.42 bits per heavy atom. The Kier molecular flexibility index (Phi) is 6.67. The number of aromatic nitrogens is 2. The molecule has 0 saturated carbocycles. The summed E-state index contributed by atoms with van der Waals surface area (Å²) >= 11 is 5.20. The summed E-state index contributed by atoms with van der Waals surface area (Å²) in [6, 6.07) is 1.25. The van der Waals surface area contributed by atoms with Gasteiger partial charge in [-0.2, -0.15) is 65.9 Å². The van der Waals surface area contributed by atoms with Crippen LogP contribution < -0.4 is 4.74 Å². The van der Waals surface area contributed by atoms with Gasteiger partial charge in [0.05, 0.1) is 0 Å². The minimum Gasteiger partial charge on any atom is -0.470 e. The van der Waals surface area contributed by atoms with E-state index in [0.717, 1.165) is 6.07 Å². The summed E-state index contributed by atoms with van der Waals surface area (Å²) < 4.78 is 198. The first-order valence-corrected chi connectivity index (χ1v) is 7.31. The van der Waals surface area contributed by atoms with Crippen molar-refractivity contribution in [3.05, 3.63) is 17.3 Å². The van der Waals surface area contributed by atoms with Gasteiger partial charge in [-0.05, 0) is 6.07 Å². The van der Waals surface area contributed by atoms with Crippen LogP contribution in [0.5, 0.6) is 5.88 Å². The van der Waals surface area contributed by atoms with Crippen LogP contribution in [0.3, 0.4) is 0 Å². The zero-order chi connectivity index (χ0) is 24.9. The van der Waals surface area contributed by atoms with Crippen LogP contribution in [0.4, 0.5) is 65.9 Å². The third-order valence-corrected chi connectivity index (χ3v) is 3.60. The van der Waals surface area contributed by atoms with Gasteiger partial charge >= 0.3 is 41.7 Å². The Morgan fingerprint density at radius 2 is 1.03 bits per heavy atom. The van der Waals surface area contributed by atoms with Crippen LogP contribution >= 0.6 is 11.6 Å². The number of ether oxygens (including phenoxy) is 1. The summed E-state index contributed by atoms with van der Waals surface area (Å²) in [6.45, 7) is -3.00. The van der Waals surface area contributed by atoms with Gasteiger partial charge in [0.2, 0.25) is 5.88 Å². The van der Waals surface area contributed by atoms with E-state index in [1.54, 1.807) is 0 Å². The Hall–Kier alpha value is -1.88. The lowest BCUT2D eigenvalue weighted by atomic mass is 9.91. The van der Waals surface area contributed by atoms with Gasteiger partial charge in [0, 0.05) is 6.07 Å². The maximum absolute atomic E-state index is 13.5. The molecule has 0 aromatic carbocycles. The quantitative estimate of drug-likeness (QED) is 0.408. The summed E-state index contributed by atoms with van der Waals surface area (Å²) in [4.78, 5) is 0. The predicted octanol–water partition coefficient (Wildman–Crippen LogP) is 5.88. The van der Waals surface area contributed by atoms with E-state index >= 15 is 0 Å². The second-order valence-electron chi connectivity index (χ2n) is 5.56. The van der Waals surface area contributed by atoms with Crippen molar-refractivity contribution in [3.63, 3.8) is 0 Å². The van der Waals surface area contributed by atoms with E-state index < -0.39 is 59.4 Å². The molecule has 0 unspecified atom stereocenters. The summed E-state index contributed by atoms with van der Waals surface area (Å²) in [7, 11) is 0. The third-order valence-electron chi connectivity index (χ3n) is 3.40. The lowest BCUT2D eigenvalue weighted by Gasteiger charge is -2.41. The van der Waals surface area contributed by atoms with Crippen molar-refractivity contribution in [3.8, 4) is 5.88 Å².